The lowest BCUT2D eigenvalue weighted by Gasteiger charge is -2.29. The van der Waals surface area contributed by atoms with Gasteiger partial charge in [-0.15, -0.1) is 0 Å². The molecule has 1 aliphatic rings. The molecule has 0 aromatic heterocycles. The van der Waals surface area contributed by atoms with Gasteiger partial charge in [-0.1, -0.05) is 140 Å². The molecule has 1 unspecified atom stereocenters. The minimum absolute atomic E-state index is 0.783. The molecule has 188 valence electrons. The highest BCUT2D eigenvalue weighted by atomic mass is 14.3. The van der Waals surface area contributed by atoms with Crippen molar-refractivity contribution in [2.24, 2.45) is 11.8 Å². The Morgan fingerprint density at radius 2 is 1.21 bits per heavy atom. The molecule has 34 heavy (non-hydrogen) atoms. The van der Waals surface area contributed by atoms with Gasteiger partial charge < -0.3 is 0 Å². The van der Waals surface area contributed by atoms with E-state index in [1.165, 1.54) is 119 Å². The molecule has 0 bridgehead atoms. The van der Waals surface area contributed by atoms with Gasteiger partial charge >= 0.3 is 0 Å². The molecule has 0 amide bonds. The van der Waals surface area contributed by atoms with E-state index >= 15 is 0 Å². The Balaban J connectivity index is 1.37. The first-order chi connectivity index (χ1) is 16.7. The van der Waals surface area contributed by atoms with Crippen LogP contribution >= 0.6 is 0 Å². The standard InChI is InChI=1S/C34H52/c1-4-6-7-8-9-10-11-12-14-29-15-19-31(20-16-29)33-23-25-34(26-24-33)32-21-17-30(18-22-32)27-28(3)13-5-2/h17-18,21-26,28-29,31H,4-16,19-20,27H2,1-3H3. The van der Waals surface area contributed by atoms with Gasteiger partial charge in [0.05, 0.1) is 0 Å². The van der Waals surface area contributed by atoms with Crippen molar-refractivity contribution in [3.63, 3.8) is 0 Å². The summed E-state index contributed by atoms with van der Waals surface area (Å²) in [5.41, 5.74) is 5.76. The molecule has 2 aromatic carbocycles. The third-order valence-electron chi connectivity index (χ3n) is 8.35. The molecule has 0 saturated heterocycles. The first-order valence-corrected chi connectivity index (χ1v) is 14.9. The molecule has 1 atom stereocenters. The second-order valence-corrected chi connectivity index (χ2v) is 11.4. The summed E-state index contributed by atoms with van der Waals surface area (Å²) in [6.07, 6.45) is 22.5. The SMILES string of the molecule is CCCCCCCCCCC1CCC(c2ccc(-c3ccc(CC(C)CCC)cc3)cc2)CC1. The Bertz CT molecular complexity index is 761. The molecule has 1 fully saturated rings. The summed E-state index contributed by atoms with van der Waals surface area (Å²) in [6, 6.07) is 18.9. The molecular weight excluding hydrogens is 408 g/mol. The molecule has 2 aromatic rings. The van der Waals surface area contributed by atoms with E-state index in [9.17, 15) is 0 Å². The van der Waals surface area contributed by atoms with Gasteiger partial charge in [0, 0.05) is 0 Å². The molecule has 0 aliphatic heterocycles. The lowest BCUT2D eigenvalue weighted by Crippen LogP contribution is -2.13. The molecule has 0 N–H and O–H groups in total. The number of benzene rings is 2. The van der Waals surface area contributed by atoms with Crippen LogP contribution in [0.2, 0.25) is 0 Å². The van der Waals surface area contributed by atoms with Crippen LogP contribution < -0.4 is 0 Å². The normalized spacial score (nSPS) is 19.3. The van der Waals surface area contributed by atoms with Crippen molar-refractivity contribution < 1.29 is 0 Å². The zero-order chi connectivity index (χ0) is 24.0. The quantitative estimate of drug-likeness (QED) is 0.232. The lowest BCUT2D eigenvalue weighted by atomic mass is 9.77. The van der Waals surface area contributed by atoms with Crippen molar-refractivity contribution in [1.29, 1.82) is 0 Å². The van der Waals surface area contributed by atoms with Crippen molar-refractivity contribution >= 4 is 0 Å². The van der Waals surface area contributed by atoms with E-state index in [1.54, 1.807) is 5.56 Å². The summed E-state index contributed by atoms with van der Waals surface area (Å²) in [6.45, 7) is 6.96. The Morgan fingerprint density at radius 3 is 1.79 bits per heavy atom. The number of rotatable bonds is 15. The van der Waals surface area contributed by atoms with Crippen LogP contribution in [0, 0.1) is 11.8 Å². The zero-order valence-electron chi connectivity index (χ0n) is 22.7. The lowest BCUT2D eigenvalue weighted by molar-refractivity contribution is 0.302. The van der Waals surface area contributed by atoms with Crippen LogP contribution in [0.3, 0.4) is 0 Å². The minimum Gasteiger partial charge on any atom is -0.0654 e. The minimum atomic E-state index is 0.783. The summed E-state index contributed by atoms with van der Waals surface area (Å²) in [7, 11) is 0. The first kappa shape index (κ1) is 27.0. The number of hydrogen-bond acceptors (Lipinski definition) is 0. The molecule has 0 radical (unpaired) electrons. The van der Waals surface area contributed by atoms with Gasteiger partial charge in [-0.25, -0.2) is 0 Å². The second-order valence-electron chi connectivity index (χ2n) is 11.4. The summed E-state index contributed by atoms with van der Waals surface area (Å²) in [4.78, 5) is 0. The van der Waals surface area contributed by atoms with Crippen LogP contribution in [-0.2, 0) is 6.42 Å². The molecule has 1 saturated carbocycles. The fourth-order valence-corrected chi connectivity index (χ4v) is 6.13. The highest BCUT2D eigenvalue weighted by Crippen LogP contribution is 2.38. The van der Waals surface area contributed by atoms with Gasteiger partial charge in [0.15, 0.2) is 0 Å². The highest BCUT2D eigenvalue weighted by Gasteiger charge is 2.22. The fraction of sp³-hybridized carbons (Fsp3) is 0.647. The van der Waals surface area contributed by atoms with E-state index in [4.69, 9.17) is 0 Å². The average molecular weight is 461 g/mol. The van der Waals surface area contributed by atoms with Gasteiger partial charge in [-0.3, -0.25) is 0 Å². The number of unbranched alkanes of at least 4 members (excludes halogenated alkanes) is 7. The van der Waals surface area contributed by atoms with Gasteiger partial charge in [-0.2, -0.15) is 0 Å². The largest absolute Gasteiger partial charge is 0.0654 e. The van der Waals surface area contributed by atoms with Gasteiger partial charge in [0.25, 0.3) is 0 Å². The van der Waals surface area contributed by atoms with E-state index in [0.29, 0.717) is 0 Å². The van der Waals surface area contributed by atoms with E-state index in [1.807, 2.05) is 0 Å². The Kier molecular flexibility index (Phi) is 12.3. The van der Waals surface area contributed by atoms with Crippen LogP contribution in [0.25, 0.3) is 11.1 Å². The molecule has 3 rings (SSSR count). The van der Waals surface area contributed by atoms with Crippen molar-refractivity contribution in [3.05, 3.63) is 59.7 Å². The van der Waals surface area contributed by atoms with Crippen LogP contribution in [0.15, 0.2) is 48.5 Å². The van der Waals surface area contributed by atoms with Crippen LogP contribution in [-0.4, -0.2) is 0 Å². The highest BCUT2D eigenvalue weighted by molar-refractivity contribution is 5.64. The third kappa shape index (κ3) is 9.24. The Hall–Kier alpha value is -1.56. The topological polar surface area (TPSA) is 0 Å². The fourth-order valence-electron chi connectivity index (χ4n) is 6.13. The Labute approximate surface area is 212 Å². The maximum atomic E-state index is 2.41. The molecule has 0 spiro atoms. The van der Waals surface area contributed by atoms with E-state index < -0.39 is 0 Å². The maximum Gasteiger partial charge on any atom is -0.0162 e. The third-order valence-corrected chi connectivity index (χ3v) is 8.35. The summed E-state index contributed by atoms with van der Waals surface area (Å²) >= 11 is 0. The van der Waals surface area contributed by atoms with Crippen molar-refractivity contribution in [2.45, 2.75) is 129 Å². The predicted octanol–water partition coefficient (Wildman–Crippen LogP) is 11.1. The maximum absolute atomic E-state index is 2.41. The average Bonchev–Trinajstić information content (AvgIpc) is 2.87. The molecule has 0 heterocycles. The molecule has 1 aliphatic carbocycles. The van der Waals surface area contributed by atoms with Crippen molar-refractivity contribution in [2.75, 3.05) is 0 Å². The second kappa shape index (κ2) is 15.4. The van der Waals surface area contributed by atoms with Crippen LogP contribution in [0.4, 0.5) is 0 Å². The monoisotopic (exact) mass is 460 g/mol. The zero-order valence-corrected chi connectivity index (χ0v) is 22.7. The molecule has 0 heteroatoms. The smallest absolute Gasteiger partial charge is 0.0162 e. The van der Waals surface area contributed by atoms with Crippen LogP contribution in [0.5, 0.6) is 0 Å². The summed E-state index contributed by atoms with van der Waals surface area (Å²) in [5.74, 6) is 2.56. The van der Waals surface area contributed by atoms with Crippen molar-refractivity contribution in [3.8, 4) is 11.1 Å². The predicted molar refractivity (Wildman–Crippen MR) is 152 cm³/mol. The Morgan fingerprint density at radius 1 is 0.647 bits per heavy atom. The van der Waals surface area contributed by atoms with Crippen LogP contribution in [0.1, 0.15) is 134 Å². The molecular formula is C34H52. The van der Waals surface area contributed by atoms with Gasteiger partial charge in [-0.05, 0) is 72.1 Å². The van der Waals surface area contributed by atoms with Gasteiger partial charge in [0.2, 0.25) is 0 Å². The molecule has 0 nitrogen and oxygen atoms in total. The van der Waals surface area contributed by atoms with Crippen molar-refractivity contribution in [1.82, 2.24) is 0 Å². The van der Waals surface area contributed by atoms with E-state index in [-0.39, 0.29) is 0 Å². The first-order valence-electron chi connectivity index (χ1n) is 14.9. The van der Waals surface area contributed by atoms with E-state index in [2.05, 4.69) is 69.3 Å². The number of hydrogen-bond donors (Lipinski definition) is 0. The van der Waals surface area contributed by atoms with Gasteiger partial charge in [0.1, 0.15) is 0 Å². The summed E-state index contributed by atoms with van der Waals surface area (Å²) in [5, 5.41) is 0. The summed E-state index contributed by atoms with van der Waals surface area (Å²) < 4.78 is 0. The van der Waals surface area contributed by atoms with E-state index in [0.717, 1.165) is 17.8 Å².